The van der Waals surface area contributed by atoms with Crippen LogP contribution in [0.2, 0.25) is 0 Å². The highest BCUT2D eigenvalue weighted by molar-refractivity contribution is 7.89. The number of carbonyl (C=O) groups excluding carboxylic acids is 3. The van der Waals surface area contributed by atoms with Crippen LogP contribution in [0, 0.1) is 0 Å². The summed E-state index contributed by atoms with van der Waals surface area (Å²) in [6.07, 6.45) is 3.33. The van der Waals surface area contributed by atoms with Crippen molar-refractivity contribution in [3.05, 3.63) is 29.8 Å². The van der Waals surface area contributed by atoms with Crippen molar-refractivity contribution in [1.82, 2.24) is 14.1 Å². The van der Waals surface area contributed by atoms with Crippen molar-refractivity contribution in [1.29, 1.82) is 0 Å². The molecule has 2 fully saturated rings. The van der Waals surface area contributed by atoms with Crippen molar-refractivity contribution in [3.8, 4) is 0 Å². The lowest BCUT2D eigenvalue weighted by Gasteiger charge is -2.33. The predicted octanol–water partition coefficient (Wildman–Crippen LogP) is 1.71. The number of esters is 1. The Balaban J connectivity index is 1.50. The Morgan fingerprint density at radius 1 is 0.818 bits per heavy atom. The summed E-state index contributed by atoms with van der Waals surface area (Å²) >= 11 is 0. The molecule has 0 radical (unpaired) electrons. The average molecular weight is 482 g/mol. The molecule has 0 bridgehead atoms. The van der Waals surface area contributed by atoms with Crippen LogP contribution in [0.3, 0.4) is 0 Å². The number of nitrogens with zero attached hydrogens (tertiary/aromatic N) is 3. The Bertz CT molecular complexity index is 933. The number of ether oxygens (including phenoxy) is 2. The number of amides is 2. The van der Waals surface area contributed by atoms with Crippen molar-refractivity contribution >= 4 is 28.0 Å². The maximum atomic E-state index is 12.8. The van der Waals surface area contributed by atoms with Crippen LogP contribution in [0.4, 0.5) is 4.79 Å². The first-order valence-corrected chi connectivity index (χ1v) is 12.7. The summed E-state index contributed by atoms with van der Waals surface area (Å²) in [6.45, 7) is 3.97. The first-order chi connectivity index (χ1) is 15.8. The Kier molecular flexibility index (Phi) is 8.67. The van der Waals surface area contributed by atoms with Gasteiger partial charge in [-0.15, -0.1) is 0 Å². The minimum atomic E-state index is -3.60. The number of piperazine rings is 1. The molecule has 3 rings (SSSR count). The van der Waals surface area contributed by atoms with Gasteiger partial charge in [0.1, 0.15) is 0 Å². The molecule has 11 heteroatoms. The molecule has 0 aliphatic carbocycles. The van der Waals surface area contributed by atoms with Crippen LogP contribution < -0.4 is 0 Å². The molecule has 1 aromatic carbocycles. The van der Waals surface area contributed by atoms with Gasteiger partial charge in [-0.2, -0.15) is 4.31 Å². The summed E-state index contributed by atoms with van der Waals surface area (Å²) in [7, 11) is -3.60. The van der Waals surface area contributed by atoms with E-state index in [1.807, 2.05) is 0 Å². The Hall–Kier alpha value is -2.66. The largest absolute Gasteiger partial charge is 0.452 e. The van der Waals surface area contributed by atoms with Crippen molar-refractivity contribution in [2.24, 2.45) is 0 Å². The third-order valence-corrected chi connectivity index (χ3v) is 7.69. The summed E-state index contributed by atoms with van der Waals surface area (Å²) in [6, 6.07) is 5.59. The van der Waals surface area contributed by atoms with Gasteiger partial charge in [0.25, 0.3) is 5.91 Å². The van der Waals surface area contributed by atoms with Crippen molar-refractivity contribution in [2.45, 2.75) is 37.5 Å². The van der Waals surface area contributed by atoms with Crippen molar-refractivity contribution in [3.63, 3.8) is 0 Å². The second-order valence-corrected chi connectivity index (χ2v) is 9.92. The van der Waals surface area contributed by atoms with Gasteiger partial charge in [-0.05, 0) is 44.0 Å². The number of benzene rings is 1. The van der Waals surface area contributed by atoms with Crippen molar-refractivity contribution in [2.75, 3.05) is 52.5 Å². The minimum Gasteiger partial charge on any atom is -0.452 e. The van der Waals surface area contributed by atoms with Gasteiger partial charge in [0.05, 0.1) is 17.1 Å². The quantitative estimate of drug-likeness (QED) is 0.568. The number of rotatable bonds is 6. The lowest BCUT2D eigenvalue weighted by atomic mass is 10.2. The van der Waals surface area contributed by atoms with Gasteiger partial charge in [0.2, 0.25) is 10.0 Å². The maximum absolute atomic E-state index is 12.8. The smallest absolute Gasteiger partial charge is 0.409 e. The predicted molar refractivity (Wildman–Crippen MR) is 119 cm³/mol. The van der Waals surface area contributed by atoms with Crippen LogP contribution in [-0.4, -0.2) is 93.0 Å². The molecule has 2 saturated heterocycles. The molecule has 182 valence electrons. The second kappa shape index (κ2) is 11.5. The van der Waals surface area contributed by atoms with E-state index < -0.39 is 28.7 Å². The van der Waals surface area contributed by atoms with Gasteiger partial charge < -0.3 is 19.3 Å². The van der Waals surface area contributed by atoms with E-state index in [-0.39, 0.29) is 16.4 Å². The zero-order valence-corrected chi connectivity index (χ0v) is 19.7. The highest BCUT2D eigenvalue weighted by Gasteiger charge is 2.27. The van der Waals surface area contributed by atoms with E-state index in [0.717, 1.165) is 25.7 Å². The van der Waals surface area contributed by atoms with Crippen LogP contribution >= 0.6 is 0 Å². The Labute approximate surface area is 194 Å². The van der Waals surface area contributed by atoms with Crippen LogP contribution in [0.1, 0.15) is 43.0 Å². The topological polar surface area (TPSA) is 114 Å². The molecule has 2 amide bonds. The number of hydrogen-bond acceptors (Lipinski definition) is 7. The highest BCUT2D eigenvalue weighted by Crippen LogP contribution is 2.21. The summed E-state index contributed by atoms with van der Waals surface area (Å²) < 4.78 is 37.2. The number of hydrogen-bond donors (Lipinski definition) is 0. The molecular formula is C22H31N3O7S. The molecule has 2 aliphatic rings. The fourth-order valence-corrected chi connectivity index (χ4v) is 5.37. The standard InChI is InChI=1S/C22H31N3O7S/c1-2-31-22(28)24-15-13-23(14-16-24)20(26)17-32-21(27)18-7-9-19(10-8-18)33(29,30)25-11-5-3-4-6-12-25/h7-10H,2-6,11-17H2,1H3. The zero-order valence-electron chi connectivity index (χ0n) is 18.9. The normalized spacial score (nSPS) is 17.8. The molecule has 1 aromatic rings. The monoisotopic (exact) mass is 481 g/mol. The van der Waals surface area contributed by atoms with Crippen LogP contribution in [-0.2, 0) is 24.3 Å². The first-order valence-electron chi connectivity index (χ1n) is 11.3. The SMILES string of the molecule is CCOC(=O)N1CCN(C(=O)COC(=O)c2ccc(S(=O)(=O)N3CCCCCC3)cc2)CC1. The molecule has 0 spiro atoms. The Morgan fingerprint density at radius 2 is 1.39 bits per heavy atom. The van der Waals surface area contributed by atoms with E-state index >= 15 is 0 Å². The van der Waals surface area contributed by atoms with Crippen LogP contribution in [0.5, 0.6) is 0 Å². The van der Waals surface area contributed by atoms with Gasteiger partial charge in [-0.3, -0.25) is 4.79 Å². The van der Waals surface area contributed by atoms with Gasteiger partial charge in [0.15, 0.2) is 6.61 Å². The van der Waals surface area contributed by atoms with Gasteiger partial charge in [-0.1, -0.05) is 12.8 Å². The lowest BCUT2D eigenvalue weighted by molar-refractivity contribution is -0.136. The second-order valence-electron chi connectivity index (χ2n) is 7.99. The van der Waals surface area contributed by atoms with Gasteiger partial charge >= 0.3 is 12.1 Å². The fourth-order valence-electron chi connectivity index (χ4n) is 3.85. The van der Waals surface area contributed by atoms with Gasteiger partial charge in [-0.25, -0.2) is 18.0 Å². The molecular weight excluding hydrogens is 450 g/mol. The molecule has 0 saturated carbocycles. The van der Waals surface area contributed by atoms with Crippen LogP contribution in [0.25, 0.3) is 0 Å². The maximum Gasteiger partial charge on any atom is 0.409 e. The number of carbonyl (C=O) groups is 3. The average Bonchev–Trinajstić information content (AvgIpc) is 3.13. The molecule has 0 N–H and O–H groups in total. The third kappa shape index (κ3) is 6.44. The number of sulfonamides is 1. The molecule has 2 aliphatic heterocycles. The summed E-state index contributed by atoms with van der Waals surface area (Å²) in [5.41, 5.74) is 0.171. The minimum absolute atomic E-state index is 0.136. The van der Waals surface area contributed by atoms with Gasteiger partial charge in [0, 0.05) is 39.3 Å². The van der Waals surface area contributed by atoms with E-state index in [9.17, 15) is 22.8 Å². The highest BCUT2D eigenvalue weighted by atomic mass is 32.2. The third-order valence-electron chi connectivity index (χ3n) is 5.78. The van der Waals surface area contributed by atoms with E-state index in [1.54, 1.807) is 6.92 Å². The summed E-state index contributed by atoms with van der Waals surface area (Å²) in [5, 5.41) is 0. The molecule has 0 atom stereocenters. The zero-order chi connectivity index (χ0) is 23.8. The Morgan fingerprint density at radius 3 is 1.97 bits per heavy atom. The van der Waals surface area contributed by atoms with Crippen LogP contribution in [0.15, 0.2) is 29.2 Å². The van der Waals surface area contributed by atoms with Crippen molar-refractivity contribution < 1.29 is 32.3 Å². The van der Waals surface area contributed by atoms with E-state index in [2.05, 4.69) is 0 Å². The lowest BCUT2D eigenvalue weighted by Crippen LogP contribution is -2.51. The molecule has 33 heavy (non-hydrogen) atoms. The molecule has 0 unspecified atom stereocenters. The van der Waals surface area contributed by atoms with E-state index in [4.69, 9.17) is 9.47 Å². The molecule has 10 nitrogen and oxygen atoms in total. The summed E-state index contributed by atoms with van der Waals surface area (Å²) in [4.78, 5) is 39.6. The molecule has 2 heterocycles. The summed E-state index contributed by atoms with van der Waals surface area (Å²) in [5.74, 6) is -1.06. The fraction of sp³-hybridized carbons (Fsp3) is 0.591. The first kappa shape index (κ1) is 25.0. The van der Waals surface area contributed by atoms with E-state index in [1.165, 1.54) is 38.4 Å². The van der Waals surface area contributed by atoms with E-state index in [0.29, 0.717) is 45.9 Å². The molecule has 0 aromatic heterocycles.